The van der Waals surface area contributed by atoms with Gasteiger partial charge in [-0.3, -0.25) is 4.79 Å². The maximum absolute atomic E-state index is 11.8. The summed E-state index contributed by atoms with van der Waals surface area (Å²) in [5.41, 5.74) is 7.79. The van der Waals surface area contributed by atoms with Crippen LogP contribution in [0, 0.1) is 6.92 Å². The normalized spacial score (nSPS) is 10.1. The first-order valence-electron chi connectivity index (χ1n) is 5.95. The van der Waals surface area contributed by atoms with E-state index in [1.54, 1.807) is 30.5 Å². The monoisotopic (exact) mass is 335 g/mol. The van der Waals surface area contributed by atoms with Crippen molar-refractivity contribution in [3.05, 3.63) is 46.7 Å². The average molecular weight is 336 g/mol. The van der Waals surface area contributed by atoms with Gasteiger partial charge in [0.1, 0.15) is 10.4 Å². The predicted molar refractivity (Wildman–Crippen MR) is 81.7 cm³/mol. The number of nitrogens with two attached hydrogens (primary N) is 1. The van der Waals surface area contributed by atoms with E-state index in [2.05, 4.69) is 26.2 Å². The summed E-state index contributed by atoms with van der Waals surface area (Å²) in [5, 5.41) is 2.72. The molecule has 5 nitrogen and oxygen atoms in total. The van der Waals surface area contributed by atoms with Crippen LogP contribution in [0.4, 0.5) is 11.4 Å². The number of ether oxygens (including phenoxy) is 1. The summed E-state index contributed by atoms with van der Waals surface area (Å²) < 4.78 is 6.11. The Bertz CT molecular complexity index is 632. The summed E-state index contributed by atoms with van der Waals surface area (Å²) in [6, 6.07) is 8.76. The molecule has 0 aliphatic heterocycles. The number of aryl methyl sites for hydroxylation is 1. The zero-order valence-electron chi connectivity index (χ0n) is 10.9. The molecular weight excluding hydrogens is 322 g/mol. The maximum Gasteiger partial charge on any atom is 0.262 e. The summed E-state index contributed by atoms with van der Waals surface area (Å²) in [6.07, 6.45) is 1.58. The van der Waals surface area contributed by atoms with Gasteiger partial charge >= 0.3 is 0 Å². The quantitative estimate of drug-likeness (QED) is 0.665. The van der Waals surface area contributed by atoms with Crippen molar-refractivity contribution in [2.45, 2.75) is 6.92 Å². The molecule has 0 bridgehead atoms. The Hall–Kier alpha value is -2.08. The Kier molecular flexibility index (Phi) is 4.57. The molecule has 0 fully saturated rings. The Morgan fingerprint density at radius 3 is 2.95 bits per heavy atom. The van der Waals surface area contributed by atoms with Gasteiger partial charge in [-0.05, 0) is 46.6 Å². The number of anilines is 2. The van der Waals surface area contributed by atoms with Gasteiger partial charge in [-0.15, -0.1) is 0 Å². The molecule has 0 aliphatic rings. The largest absolute Gasteiger partial charge is 0.484 e. The minimum Gasteiger partial charge on any atom is -0.484 e. The van der Waals surface area contributed by atoms with Crippen molar-refractivity contribution < 1.29 is 9.53 Å². The number of carbonyl (C=O) groups excluding carboxylic acids is 1. The van der Waals surface area contributed by atoms with E-state index >= 15 is 0 Å². The molecule has 104 valence electrons. The number of amides is 1. The highest BCUT2D eigenvalue weighted by atomic mass is 79.9. The van der Waals surface area contributed by atoms with Gasteiger partial charge in [0, 0.05) is 11.8 Å². The van der Waals surface area contributed by atoms with Crippen LogP contribution in [-0.4, -0.2) is 17.5 Å². The molecule has 0 spiro atoms. The van der Waals surface area contributed by atoms with Crippen molar-refractivity contribution in [2.24, 2.45) is 0 Å². The number of halogens is 1. The topological polar surface area (TPSA) is 77.2 Å². The molecule has 2 rings (SSSR count). The first-order valence-corrected chi connectivity index (χ1v) is 6.74. The number of carbonyl (C=O) groups is 1. The van der Waals surface area contributed by atoms with Gasteiger partial charge in [0.2, 0.25) is 0 Å². The second-order valence-corrected chi connectivity index (χ2v) is 4.99. The lowest BCUT2D eigenvalue weighted by Gasteiger charge is -2.08. The van der Waals surface area contributed by atoms with Crippen LogP contribution in [0.25, 0.3) is 0 Å². The molecule has 0 saturated carbocycles. The average Bonchev–Trinajstić information content (AvgIpc) is 2.41. The van der Waals surface area contributed by atoms with Gasteiger partial charge in [-0.25, -0.2) is 4.98 Å². The van der Waals surface area contributed by atoms with Gasteiger partial charge in [0.15, 0.2) is 6.61 Å². The molecular formula is C14H14BrN3O2. The third-order valence-corrected chi connectivity index (χ3v) is 3.36. The van der Waals surface area contributed by atoms with E-state index in [9.17, 15) is 4.79 Å². The summed E-state index contributed by atoms with van der Waals surface area (Å²) in [5.74, 6) is 0.307. The van der Waals surface area contributed by atoms with Crippen molar-refractivity contribution in [2.75, 3.05) is 17.7 Å². The van der Waals surface area contributed by atoms with Gasteiger partial charge in [0.25, 0.3) is 5.91 Å². The van der Waals surface area contributed by atoms with Crippen LogP contribution in [0.2, 0.25) is 0 Å². The molecule has 1 amide bonds. The van der Waals surface area contributed by atoms with Crippen molar-refractivity contribution in [1.82, 2.24) is 4.98 Å². The zero-order chi connectivity index (χ0) is 14.5. The third kappa shape index (κ3) is 3.96. The SMILES string of the molecule is Cc1cc(NC(=O)COc2cccc(N)c2)cnc1Br. The highest BCUT2D eigenvalue weighted by Crippen LogP contribution is 2.17. The van der Waals surface area contributed by atoms with Gasteiger partial charge in [-0.1, -0.05) is 6.07 Å². The number of hydrogen-bond donors (Lipinski definition) is 2. The number of benzene rings is 1. The van der Waals surface area contributed by atoms with Crippen LogP contribution >= 0.6 is 15.9 Å². The van der Waals surface area contributed by atoms with E-state index in [1.165, 1.54) is 0 Å². The van der Waals surface area contributed by atoms with E-state index in [0.29, 0.717) is 17.1 Å². The maximum atomic E-state index is 11.8. The molecule has 1 aromatic heterocycles. The fraction of sp³-hybridized carbons (Fsp3) is 0.143. The molecule has 1 aromatic carbocycles. The Balaban J connectivity index is 1.91. The lowest BCUT2D eigenvalue weighted by atomic mass is 10.3. The number of nitrogens with zero attached hydrogens (tertiary/aromatic N) is 1. The molecule has 0 atom stereocenters. The molecule has 0 radical (unpaired) electrons. The molecule has 3 N–H and O–H groups in total. The van der Waals surface area contributed by atoms with Gasteiger partial charge < -0.3 is 15.8 Å². The summed E-state index contributed by atoms with van der Waals surface area (Å²) >= 11 is 3.30. The molecule has 1 heterocycles. The van der Waals surface area contributed by atoms with Crippen LogP contribution in [0.3, 0.4) is 0 Å². The lowest BCUT2D eigenvalue weighted by Crippen LogP contribution is -2.20. The smallest absolute Gasteiger partial charge is 0.262 e. The number of pyridine rings is 1. The predicted octanol–water partition coefficient (Wildman–Crippen LogP) is 2.75. The van der Waals surface area contributed by atoms with Crippen LogP contribution in [0.15, 0.2) is 41.1 Å². The minimum absolute atomic E-state index is 0.0848. The highest BCUT2D eigenvalue weighted by molar-refractivity contribution is 9.10. The molecule has 20 heavy (non-hydrogen) atoms. The Morgan fingerprint density at radius 2 is 2.25 bits per heavy atom. The van der Waals surface area contributed by atoms with Crippen molar-refractivity contribution in [1.29, 1.82) is 0 Å². The first-order chi connectivity index (χ1) is 9.54. The standard InChI is InChI=1S/C14H14BrN3O2/c1-9-5-11(7-17-14(9)15)18-13(19)8-20-12-4-2-3-10(16)6-12/h2-7H,8,16H2,1H3,(H,18,19). The van der Waals surface area contributed by atoms with Gasteiger partial charge in [0.05, 0.1) is 11.9 Å². The Labute approximate surface area is 125 Å². The lowest BCUT2D eigenvalue weighted by molar-refractivity contribution is -0.118. The molecule has 0 saturated heterocycles. The summed E-state index contributed by atoms with van der Waals surface area (Å²) in [4.78, 5) is 15.9. The highest BCUT2D eigenvalue weighted by Gasteiger charge is 2.05. The summed E-state index contributed by atoms with van der Waals surface area (Å²) in [7, 11) is 0. The third-order valence-electron chi connectivity index (χ3n) is 2.53. The minimum atomic E-state index is -0.254. The molecule has 6 heteroatoms. The first kappa shape index (κ1) is 14.3. The number of nitrogen functional groups attached to an aromatic ring is 1. The van der Waals surface area contributed by atoms with E-state index in [1.807, 2.05) is 13.0 Å². The molecule has 2 aromatic rings. The zero-order valence-corrected chi connectivity index (χ0v) is 12.5. The fourth-order valence-corrected chi connectivity index (χ4v) is 1.79. The van der Waals surface area contributed by atoms with Crippen LogP contribution in [-0.2, 0) is 4.79 Å². The Morgan fingerprint density at radius 1 is 1.45 bits per heavy atom. The second kappa shape index (κ2) is 6.38. The second-order valence-electron chi connectivity index (χ2n) is 4.24. The molecule has 0 aliphatic carbocycles. The van der Waals surface area contributed by atoms with Crippen LogP contribution in [0.5, 0.6) is 5.75 Å². The number of rotatable bonds is 4. The summed E-state index contributed by atoms with van der Waals surface area (Å²) in [6.45, 7) is 1.81. The van der Waals surface area contributed by atoms with Crippen molar-refractivity contribution in [3.63, 3.8) is 0 Å². The van der Waals surface area contributed by atoms with Crippen LogP contribution < -0.4 is 15.8 Å². The van der Waals surface area contributed by atoms with E-state index in [-0.39, 0.29) is 12.5 Å². The molecule has 0 unspecified atom stereocenters. The van der Waals surface area contributed by atoms with Crippen molar-refractivity contribution >= 4 is 33.2 Å². The van der Waals surface area contributed by atoms with E-state index in [4.69, 9.17) is 10.5 Å². The number of nitrogens with one attached hydrogen (secondary N) is 1. The van der Waals surface area contributed by atoms with E-state index < -0.39 is 0 Å². The van der Waals surface area contributed by atoms with Gasteiger partial charge in [-0.2, -0.15) is 0 Å². The van der Waals surface area contributed by atoms with Crippen LogP contribution in [0.1, 0.15) is 5.56 Å². The number of hydrogen-bond acceptors (Lipinski definition) is 4. The van der Waals surface area contributed by atoms with E-state index in [0.717, 1.165) is 10.2 Å². The van der Waals surface area contributed by atoms with Crippen molar-refractivity contribution in [3.8, 4) is 5.75 Å². The number of aromatic nitrogens is 1. The fourth-order valence-electron chi connectivity index (χ4n) is 1.58.